The normalized spacial score (nSPS) is 13.2. The second-order valence-electron chi connectivity index (χ2n) is 8.13. The van der Waals surface area contributed by atoms with Gasteiger partial charge in [-0.05, 0) is 48.3 Å². The van der Waals surface area contributed by atoms with Gasteiger partial charge in [-0.25, -0.2) is 0 Å². The van der Waals surface area contributed by atoms with E-state index in [-0.39, 0.29) is 77.0 Å². The Bertz CT molecular complexity index is 826. The summed E-state index contributed by atoms with van der Waals surface area (Å²) in [7, 11) is 0. The largest absolute Gasteiger partial charge is 1.00 e. The van der Waals surface area contributed by atoms with Crippen LogP contribution in [0.3, 0.4) is 0 Å². The zero-order valence-electron chi connectivity index (χ0n) is 20.2. The SMILES string of the molecule is CCC(CCCCCCCCC(=O)[O-])C(O)(c1ccccc1)c1ccc(C(=O)[O-])cc1.[Na+].[Na+]. The van der Waals surface area contributed by atoms with Crippen molar-refractivity contribution < 1.29 is 84.0 Å². The van der Waals surface area contributed by atoms with Gasteiger partial charge in [0.05, 0.1) is 5.97 Å². The number of carbonyl (C=O) groups is 2. The maximum Gasteiger partial charge on any atom is 1.00 e. The summed E-state index contributed by atoms with van der Waals surface area (Å²) in [4.78, 5) is 21.6. The average Bonchev–Trinajstić information content (AvgIpc) is 2.78. The number of aliphatic hydroxyl groups is 1. The van der Waals surface area contributed by atoms with Gasteiger partial charge in [0.25, 0.3) is 0 Å². The minimum absolute atomic E-state index is 0. The Morgan fingerprint density at radius 2 is 1.33 bits per heavy atom. The minimum Gasteiger partial charge on any atom is -0.550 e. The first-order valence-electron chi connectivity index (χ1n) is 11.2. The summed E-state index contributed by atoms with van der Waals surface area (Å²) in [5.41, 5.74) is 0.351. The summed E-state index contributed by atoms with van der Waals surface area (Å²) < 4.78 is 0. The third-order valence-corrected chi connectivity index (χ3v) is 6.04. The van der Waals surface area contributed by atoms with Crippen molar-refractivity contribution in [2.24, 2.45) is 5.92 Å². The molecule has 0 fully saturated rings. The van der Waals surface area contributed by atoms with Gasteiger partial charge in [0.15, 0.2) is 0 Å². The van der Waals surface area contributed by atoms with Crippen LogP contribution < -0.4 is 69.3 Å². The molecule has 0 saturated carbocycles. The fourth-order valence-corrected chi connectivity index (χ4v) is 4.27. The van der Waals surface area contributed by atoms with Crippen LogP contribution in [0.25, 0.3) is 0 Å². The van der Waals surface area contributed by atoms with Gasteiger partial charge in [0.2, 0.25) is 0 Å². The van der Waals surface area contributed by atoms with Crippen molar-refractivity contribution in [2.45, 2.75) is 70.3 Å². The molecular weight excluding hydrogens is 438 g/mol. The first-order chi connectivity index (χ1) is 14.9. The zero-order valence-corrected chi connectivity index (χ0v) is 24.2. The van der Waals surface area contributed by atoms with Gasteiger partial charge in [-0.2, -0.15) is 0 Å². The molecule has 2 unspecified atom stereocenters. The predicted octanol–water partition coefficient (Wildman–Crippen LogP) is -2.81. The fraction of sp³-hybridized carbons (Fsp3) is 0.462. The molecule has 0 heterocycles. The third-order valence-electron chi connectivity index (χ3n) is 6.04. The number of aliphatic carboxylic acids is 1. The molecule has 2 rings (SSSR count). The number of carboxylic acid groups (broad SMARTS) is 2. The van der Waals surface area contributed by atoms with Crippen LogP contribution in [-0.4, -0.2) is 17.0 Å². The van der Waals surface area contributed by atoms with E-state index in [1.807, 2.05) is 30.3 Å². The summed E-state index contributed by atoms with van der Waals surface area (Å²) in [6, 6.07) is 15.8. The first kappa shape index (κ1) is 32.3. The molecule has 2 atom stereocenters. The van der Waals surface area contributed by atoms with Gasteiger partial charge in [-0.15, -0.1) is 0 Å². The van der Waals surface area contributed by atoms with E-state index < -0.39 is 17.5 Å². The molecule has 7 heteroatoms. The van der Waals surface area contributed by atoms with Crippen molar-refractivity contribution in [2.75, 3.05) is 0 Å². The Morgan fingerprint density at radius 1 is 0.818 bits per heavy atom. The van der Waals surface area contributed by atoms with Crippen LogP contribution in [0.1, 0.15) is 86.2 Å². The monoisotopic (exact) mass is 470 g/mol. The Hall–Kier alpha value is -0.660. The summed E-state index contributed by atoms with van der Waals surface area (Å²) in [6.07, 6.45) is 7.31. The van der Waals surface area contributed by atoms with Gasteiger partial charge >= 0.3 is 59.1 Å². The van der Waals surface area contributed by atoms with Crippen LogP contribution in [0.5, 0.6) is 0 Å². The number of aromatic carboxylic acids is 1. The molecule has 0 aromatic heterocycles. The minimum atomic E-state index is -1.23. The fourth-order valence-electron chi connectivity index (χ4n) is 4.27. The summed E-state index contributed by atoms with van der Waals surface area (Å²) >= 11 is 0. The maximum atomic E-state index is 11.9. The van der Waals surface area contributed by atoms with E-state index >= 15 is 0 Å². The molecule has 0 aliphatic carbocycles. The third kappa shape index (κ3) is 9.85. The van der Waals surface area contributed by atoms with Crippen LogP contribution in [-0.2, 0) is 10.4 Å². The number of rotatable bonds is 14. The number of hydrogen-bond donors (Lipinski definition) is 1. The molecule has 0 bridgehead atoms. The van der Waals surface area contributed by atoms with E-state index in [1.54, 1.807) is 12.1 Å². The van der Waals surface area contributed by atoms with Crippen molar-refractivity contribution in [3.8, 4) is 0 Å². The summed E-state index contributed by atoms with van der Waals surface area (Å²) in [5, 5.41) is 33.5. The molecule has 0 aliphatic rings. The molecule has 5 nitrogen and oxygen atoms in total. The summed E-state index contributed by atoms with van der Waals surface area (Å²) in [5.74, 6) is -2.25. The van der Waals surface area contributed by atoms with E-state index in [0.29, 0.717) is 12.0 Å². The van der Waals surface area contributed by atoms with Crippen LogP contribution >= 0.6 is 0 Å². The van der Waals surface area contributed by atoms with E-state index in [2.05, 4.69) is 6.92 Å². The topological polar surface area (TPSA) is 100 Å². The number of hydrogen-bond acceptors (Lipinski definition) is 5. The van der Waals surface area contributed by atoms with Gasteiger partial charge in [0, 0.05) is 5.97 Å². The van der Waals surface area contributed by atoms with Gasteiger partial charge in [-0.3, -0.25) is 0 Å². The quantitative estimate of drug-likeness (QED) is 0.237. The van der Waals surface area contributed by atoms with E-state index in [4.69, 9.17) is 0 Å². The average molecular weight is 471 g/mol. The molecule has 0 radical (unpaired) electrons. The molecule has 0 saturated heterocycles. The van der Waals surface area contributed by atoms with Crippen molar-refractivity contribution >= 4 is 11.9 Å². The molecule has 0 amide bonds. The summed E-state index contributed by atoms with van der Waals surface area (Å²) in [6.45, 7) is 2.06. The van der Waals surface area contributed by atoms with Crippen LogP contribution in [0.4, 0.5) is 0 Å². The van der Waals surface area contributed by atoms with E-state index in [1.165, 1.54) is 12.1 Å². The van der Waals surface area contributed by atoms with E-state index in [9.17, 15) is 24.9 Å². The molecule has 1 N–H and O–H groups in total. The Kier molecular flexibility index (Phi) is 16.5. The zero-order chi connectivity index (χ0) is 22.7. The molecule has 0 aliphatic heterocycles. The van der Waals surface area contributed by atoms with Gasteiger partial charge in [-0.1, -0.05) is 93.6 Å². The number of unbranched alkanes of at least 4 members (excludes halogenated alkanes) is 5. The molecule has 0 spiro atoms. The maximum absolute atomic E-state index is 11.9. The second kappa shape index (κ2) is 16.9. The first-order valence-corrected chi connectivity index (χ1v) is 11.2. The molecule has 33 heavy (non-hydrogen) atoms. The Balaban J connectivity index is 0.00000512. The van der Waals surface area contributed by atoms with Crippen molar-refractivity contribution in [1.29, 1.82) is 0 Å². The smallest absolute Gasteiger partial charge is 0.550 e. The number of benzene rings is 2. The van der Waals surface area contributed by atoms with Crippen LogP contribution in [0.15, 0.2) is 54.6 Å². The van der Waals surface area contributed by atoms with Crippen molar-refractivity contribution in [3.05, 3.63) is 71.3 Å². The van der Waals surface area contributed by atoms with Crippen molar-refractivity contribution in [3.63, 3.8) is 0 Å². The van der Waals surface area contributed by atoms with Crippen LogP contribution in [0.2, 0.25) is 0 Å². The van der Waals surface area contributed by atoms with E-state index in [0.717, 1.165) is 50.5 Å². The van der Waals surface area contributed by atoms with Crippen molar-refractivity contribution in [1.82, 2.24) is 0 Å². The van der Waals surface area contributed by atoms with Crippen LogP contribution in [0, 0.1) is 5.92 Å². The second-order valence-corrected chi connectivity index (χ2v) is 8.13. The molecule has 2 aromatic carbocycles. The number of carbonyl (C=O) groups excluding carboxylic acids is 2. The van der Waals surface area contributed by atoms with Gasteiger partial charge < -0.3 is 24.9 Å². The standard InChI is InChI=1S/C26H34O5.2Na/c1-2-21(12-8-5-3-4-6-11-15-24(27)28)26(31,22-13-9-7-10-14-22)23-18-16-20(17-19-23)25(29)30;;/h7,9-10,13-14,16-19,21,31H,2-6,8,11-12,15H2,1H3,(H,27,28)(H,29,30);;/q;2*+1/p-2. The Morgan fingerprint density at radius 3 is 1.85 bits per heavy atom. The molecule has 168 valence electrons. The molecular formula is C26H32Na2O5. The van der Waals surface area contributed by atoms with Gasteiger partial charge in [0.1, 0.15) is 5.60 Å². The molecule has 2 aromatic rings. The predicted molar refractivity (Wildman–Crippen MR) is 116 cm³/mol. The number of carboxylic acids is 2. The Labute approximate surface area is 241 Å².